The predicted octanol–water partition coefficient (Wildman–Crippen LogP) is 3.39. The van der Waals surface area contributed by atoms with Gasteiger partial charge in [0.25, 0.3) is 5.91 Å². The smallest absolute Gasteiger partial charge is 0.306 e. The van der Waals surface area contributed by atoms with E-state index >= 15 is 0 Å². The first-order valence-electron chi connectivity index (χ1n) is 9.90. The summed E-state index contributed by atoms with van der Waals surface area (Å²) in [5, 5.41) is 5.60. The summed E-state index contributed by atoms with van der Waals surface area (Å²) in [6.07, 6.45) is 1.54. The second-order valence-corrected chi connectivity index (χ2v) is 6.63. The summed E-state index contributed by atoms with van der Waals surface area (Å²) < 4.78 is 5.01. The zero-order chi connectivity index (χ0) is 21.1. The fourth-order valence-electron chi connectivity index (χ4n) is 2.90. The molecule has 6 nitrogen and oxygen atoms in total. The van der Waals surface area contributed by atoms with Gasteiger partial charge >= 0.3 is 5.97 Å². The van der Waals surface area contributed by atoms with Gasteiger partial charge in [0.2, 0.25) is 5.91 Å². The molecule has 0 radical (unpaired) electrons. The Bertz CT molecular complexity index is 812. The number of rotatable bonds is 10. The van der Waals surface area contributed by atoms with Crippen molar-refractivity contribution < 1.29 is 19.1 Å². The maximum absolute atomic E-state index is 12.2. The number of carbonyl (C=O) groups excluding carboxylic acids is 3. The van der Waals surface area contributed by atoms with Gasteiger partial charge in [0.1, 0.15) is 0 Å². The van der Waals surface area contributed by atoms with Crippen molar-refractivity contribution in [1.29, 1.82) is 0 Å². The molecule has 2 aromatic rings. The number of nitrogens with one attached hydrogen (secondary N) is 2. The first-order chi connectivity index (χ1) is 14.0. The SMILES string of the molecule is CCc1cccc(CC)c1NC(=O)COC(=O)CCC(=O)NCc1ccccc1. The van der Waals surface area contributed by atoms with Crippen molar-refractivity contribution >= 4 is 23.5 Å². The first kappa shape index (κ1) is 22.1. The van der Waals surface area contributed by atoms with Crippen molar-refractivity contribution in [3.8, 4) is 0 Å². The molecule has 0 saturated carbocycles. The van der Waals surface area contributed by atoms with Crippen LogP contribution in [-0.2, 0) is 38.5 Å². The molecule has 6 heteroatoms. The number of para-hydroxylation sites is 1. The lowest BCUT2D eigenvalue weighted by Gasteiger charge is -2.14. The Morgan fingerprint density at radius 2 is 1.48 bits per heavy atom. The number of benzene rings is 2. The lowest BCUT2D eigenvalue weighted by Crippen LogP contribution is -2.25. The fraction of sp³-hybridized carbons (Fsp3) is 0.348. The third-order valence-electron chi connectivity index (χ3n) is 4.52. The number of carbonyl (C=O) groups is 3. The van der Waals surface area contributed by atoms with E-state index in [0.29, 0.717) is 6.54 Å². The molecule has 0 bridgehead atoms. The maximum atomic E-state index is 12.2. The molecule has 2 amide bonds. The van der Waals surface area contributed by atoms with Gasteiger partial charge in [-0.1, -0.05) is 62.4 Å². The minimum absolute atomic E-state index is 0.0198. The van der Waals surface area contributed by atoms with E-state index in [4.69, 9.17) is 4.74 Å². The van der Waals surface area contributed by atoms with Gasteiger partial charge < -0.3 is 15.4 Å². The Morgan fingerprint density at radius 3 is 2.10 bits per heavy atom. The van der Waals surface area contributed by atoms with Gasteiger partial charge in [-0.25, -0.2) is 0 Å². The standard InChI is InChI=1S/C23H28N2O4/c1-3-18-11-8-12-19(4-2)23(18)25-21(27)16-29-22(28)14-13-20(26)24-15-17-9-6-5-7-10-17/h5-12H,3-4,13-16H2,1-2H3,(H,24,26)(H,25,27). The van der Waals surface area contributed by atoms with Crippen LogP contribution in [0.25, 0.3) is 0 Å². The van der Waals surface area contributed by atoms with Gasteiger partial charge in [0.15, 0.2) is 6.61 Å². The minimum Gasteiger partial charge on any atom is -0.456 e. The summed E-state index contributed by atoms with van der Waals surface area (Å²) in [5.41, 5.74) is 3.86. The third-order valence-corrected chi connectivity index (χ3v) is 4.52. The molecule has 0 atom stereocenters. The molecule has 0 aromatic heterocycles. The van der Waals surface area contributed by atoms with Crippen LogP contribution in [0.3, 0.4) is 0 Å². The molecule has 0 aliphatic rings. The number of anilines is 1. The summed E-state index contributed by atoms with van der Waals surface area (Å²) >= 11 is 0. The monoisotopic (exact) mass is 396 g/mol. The highest BCUT2D eigenvalue weighted by atomic mass is 16.5. The number of aryl methyl sites for hydroxylation is 2. The van der Waals surface area contributed by atoms with Crippen LogP contribution in [-0.4, -0.2) is 24.4 Å². The van der Waals surface area contributed by atoms with Crippen molar-refractivity contribution in [2.45, 2.75) is 46.1 Å². The Balaban J connectivity index is 1.72. The molecule has 2 N–H and O–H groups in total. The van der Waals surface area contributed by atoms with Crippen LogP contribution in [0.1, 0.15) is 43.4 Å². The highest BCUT2D eigenvalue weighted by Crippen LogP contribution is 2.22. The van der Waals surface area contributed by atoms with Crippen LogP contribution in [0.4, 0.5) is 5.69 Å². The molecular formula is C23H28N2O4. The largest absolute Gasteiger partial charge is 0.456 e. The quantitative estimate of drug-likeness (QED) is 0.603. The molecular weight excluding hydrogens is 368 g/mol. The molecule has 0 aliphatic carbocycles. The molecule has 0 saturated heterocycles. The van der Waals surface area contributed by atoms with E-state index in [1.54, 1.807) is 0 Å². The summed E-state index contributed by atoms with van der Waals surface area (Å²) in [6, 6.07) is 15.4. The average Bonchev–Trinajstić information content (AvgIpc) is 2.75. The molecule has 2 rings (SSSR count). The zero-order valence-electron chi connectivity index (χ0n) is 17.0. The van der Waals surface area contributed by atoms with Crippen molar-refractivity contribution in [2.75, 3.05) is 11.9 Å². The second-order valence-electron chi connectivity index (χ2n) is 6.63. The fourth-order valence-corrected chi connectivity index (χ4v) is 2.90. The van der Waals surface area contributed by atoms with E-state index in [0.717, 1.165) is 35.2 Å². The number of hydrogen-bond donors (Lipinski definition) is 2. The van der Waals surface area contributed by atoms with Crippen molar-refractivity contribution in [3.05, 3.63) is 65.2 Å². The summed E-state index contributed by atoms with van der Waals surface area (Å²) in [5.74, 6) is -1.20. The number of amides is 2. The normalized spacial score (nSPS) is 10.3. The van der Waals surface area contributed by atoms with E-state index in [1.807, 2.05) is 62.4 Å². The summed E-state index contributed by atoms with van der Waals surface area (Å²) in [6.45, 7) is 4.08. The second kappa shape index (κ2) is 11.6. The molecule has 154 valence electrons. The van der Waals surface area contributed by atoms with E-state index in [-0.39, 0.29) is 31.3 Å². The molecule has 0 unspecified atom stereocenters. The third kappa shape index (κ3) is 7.41. The highest BCUT2D eigenvalue weighted by Gasteiger charge is 2.13. The number of ether oxygens (including phenoxy) is 1. The maximum Gasteiger partial charge on any atom is 0.306 e. The molecule has 0 aliphatic heterocycles. The van der Waals surface area contributed by atoms with E-state index < -0.39 is 5.97 Å². The van der Waals surface area contributed by atoms with E-state index in [2.05, 4.69) is 10.6 Å². The molecule has 0 heterocycles. The van der Waals surface area contributed by atoms with E-state index in [9.17, 15) is 14.4 Å². The van der Waals surface area contributed by atoms with Gasteiger partial charge in [-0.3, -0.25) is 14.4 Å². The van der Waals surface area contributed by atoms with Crippen LogP contribution < -0.4 is 10.6 Å². The van der Waals surface area contributed by atoms with Crippen molar-refractivity contribution in [2.24, 2.45) is 0 Å². The van der Waals surface area contributed by atoms with Gasteiger partial charge in [-0.15, -0.1) is 0 Å². The predicted molar refractivity (Wildman–Crippen MR) is 112 cm³/mol. The highest BCUT2D eigenvalue weighted by molar-refractivity contribution is 5.94. The van der Waals surface area contributed by atoms with Gasteiger partial charge in [0.05, 0.1) is 6.42 Å². The molecule has 29 heavy (non-hydrogen) atoms. The van der Waals surface area contributed by atoms with Gasteiger partial charge in [0, 0.05) is 18.7 Å². The molecule has 2 aromatic carbocycles. The first-order valence-corrected chi connectivity index (χ1v) is 9.90. The Morgan fingerprint density at radius 1 is 0.828 bits per heavy atom. The van der Waals surface area contributed by atoms with E-state index in [1.165, 1.54) is 0 Å². The van der Waals surface area contributed by atoms with Crippen LogP contribution in [0.5, 0.6) is 0 Å². The van der Waals surface area contributed by atoms with Gasteiger partial charge in [-0.05, 0) is 29.5 Å². The lowest BCUT2D eigenvalue weighted by molar-refractivity contribution is -0.148. The summed E-state index contributed by atoms with van der Waals surface area (Å²) in [4.78, 5) is 35.9. The summed E-state index contributed by atoms with van der Waals surface area (Å²) in [7, 11) is 0. The van der Waals surface area contributed by atoms with Crippen molar-refractivity contribution in [1.82, 2.24) is 5.32 Å². The van der Waals surface area contributed by atoms with Gasteiger partial charge in [-0.2, -0.15) is 0 Å². The average molecular weight is 396 g/mol. The molecule has 0 fully saturated rings. The topological polar surface area (TPSA) is 84.5 Å². The minimum atomic E-state index is -0.575. The van der Waals surface area contributed by atoms with Crippen LogP contribution in [0.2, 0.25) is 0 Å². The van der Waals surface area contributed by atoms with Crippen LogP contribution in [0.15, 0.2) is 48.5 Å². The Hall–Kier alpha value is -3.15. The number of hydrogen-bond acceptors (Lipinski definition) is 4. The molecule has 0 spiro atoms. The Labute approximate surface area is 171 Å². The lowest BCUT2D eigenvalue weighted by atomic mass is 10.0. The van der Waals surface area contributed by atoms with Crippen LogP contribution in [0, 0.1) is 0 Å². The Kier molecular flexibility index (Phi) is 8.89. The van der Waals surface area contributed by atoms with Crippen LogP contribution >= 0.6 is 0 Å². The zero-order valence-corrected chi connectivity index (χ0v) is 17.0. The number of esters is 1. The van der Waals surface area contributed by atoms with Crippen molar-refractivity contribution in [3.63, 3.8) is 0 Å².